The fourth-order valence-corrected chi connectivity index (χ4v) is 2.98. The highest BCUT2D eigenvalue weighted by atomic mass is 127. The lowest BCUT2D eigenvalue weighted by Gasteiger charge is -2.50. The number of halogens is 1. The maximum Gasteiger partial charge on any atom is 0.410 e. The standard InChI is InChI=1S/C12H19IN2O3/c1-11(2,3)18-10(17)15-7-5-12(15)4-6-14(8-12)9(13)16/h4-8H2,1-3H3. The minimum atomic E-state index is -0.467. The van der Waals surface area contributed by atoms with E-state index in [2.05, 4.69) is 0 Å². The minimum absolute atomic E-state index is 0.0560. The average molecular weight is 366 g/mol. The largest absolute Gasteiger partial charge is 0.444 e. The summed E-state index contributed by atoms with van der Waals surface area (Å²) in [5, 5.41) is 0. The molecule has 18 heavy (non-hydrogen) atoms. The van der Waals surface area contributed by atoms with Crippen LogP contribution in [0.3, 0.4) is 0 Å². The van der Waals surface area contributed by atoms with Gasteiger partial charge in [-0.2, -0.15) is 0 Å². The topological polar surface area (TPSA) is 49.9 Å². The van der Waals surface area contributed by atoms with Gasteiger partial charge in [-0.05, 0) is 33.6 Å². The summed E-state index contributed by atoms with van der Waals surface area (Å²) in [5.74, 6) is 0. The van der Waals surface area contributed by atoms with Crippen LogP contribution in [0.5, 0.6) is 0 Å². The Kier molecular flexibility index (Phi) is 3.50. The van der Waals surface area contributed by atoms with Crippen molar-refractivity contribution in [3.05, 3.63) is 0 Å². The van der Waals surface area contributed by atoms with Gasteiger partial charge in [-0.3, -0.25) is 4.79 Å². The quantitative estimate of drug-likeness (QED) is 0.376. The molecular formula is C12H19IN2O3. The van der Waals surface area contributed by atoms with E-state index in [0.29, 0.717) is 6.54 Å². The van der Waals surface area contributed by atoms with Gasteiger partial charge < -0.3 is 14.5 Å². The van der Waals surface area contributed by atoms with E-state index in [4.69, 9.17) is 4.74 Å². The van der Waals surface area contributed by atoms with Crippen molar-refractivity contribution < 1.29 is 14.3 Å². The zero-order valence-electron chi connectivity index (χ0n) is 11.0. The second-order valence-electron chi connectivity index (χ2n) is 6.03. The van der Waals surface area contributed by atoms with Crippen LogP contribution in [0.4, 0.5) is 9.59 Å². The van der Waals surface area contributed by atoms with Crippen LogP contribution in [0.1, 0.15) is 33.6 Å². The molecule has 2 rings (SSSR count). The van der Waals surface area contributed by atoms with Crippen LogP contribution < -0.4 is 0 Å². The van der Waals surface area contributed by atoms with Crippen LogP contribution >= 0.6 is 22.6 Å². The van der Waals surface area contributed by atoms with Crippen molar-refractivity contribution in [2.75, 3.05) is 19.6 Å². The van der Waals surface area contributed by atoms with E-state index in [1.54, 1.807) is 32.4 Å². The highest BCUT2D eigenvalue weighted by Crippen LogP contribution is 2.40. The van der Waals surface area contributed by atoms with Gasteiger partial charge >= 0.3 is 6.09 Å². The molecule has 2 fully saturated rings. The Morgan fingerprint density at radius 3 is 2.22 bits per heavy atom. The third-order valence-electron chi connectivity index (χ3n) is 3.57. The molecule has 2 aliphatic rings. The van der Waals surface area contributed by atoms with Crippen LogP contribution in [0.15, 0.2) is 0 Å². The number of amides is 2. The highest BCUT2D eigenvalue weighted by molar-refractivity contribution is 14.1. The number of nitrogens with zero attached hydrogens (tertiary/aromatic N) is 2. The van der Waals surface area contributed by atoms with Crippen LogP contribution in [0.2, 0.25) is 0 Å². The number of carbonyl (C=O) groups excluding carboxylic acids is 2. The molecule has 0 aliphatic carbocycles. The zero-order valence-corrected chi connectivity index (χ0v) is 13.2. The first-order valence-corrected chi connectivity index (χ1v) is 7.26. The van der Waals surface area contributed by atoms with Crippen molar-refractivity contribution >= 4 is 32.6 Å². The summed E-state index contributed by atoms with van der Waals surface area (Å²) in [6.45, 7) is 7.72. The third-order valence-corrected chi connectivity index (χ3v) is 4.25. The monoisotopic (exact) mass is 366 g/mol. The molecule has 0 aromatic carbocycles. The molecule has 2 aliphatic heterocycles. The summed E-state index contributed by atoms with van der Waals surface area (Å²) in [4.78, 5) is 27.0. The normalized spacial score (nSPS) is 27.3. The van der Waals surface area contributed by atoms with Gasteiger partial charge in [-0.25, -0.2) is 4.79 Å². The van der Waals surface area contributed by atoms with Gasteiger partial charge in [-0.15, -0.1) is 0 Å². The molecule has 1 atom stereocenters. The minimum Gasteiger partial charge on any atom is -0.444 e. The number of rotatable bonds is 0. The Bertz CT molecular complexity index is 380. The lowest BCUT2D eigenvalue weighted by atomic mass is 9.84. The van der Waals surface area contributed by atoms with E-state index in [1.807, 2.05) is 20.8 Å². The summed E-state index contributed by atoms with van der Waals surface area (Å²) in [5.41, 5.74) is -0.631. The van der Waals surface area contributed by atoms with Crippen molar-refractivity contribution in [2.24, 2.45) is 0 Å². The van der Waals surface area contributed by atoms with Crippen molar-refractivity contribution in [3.63, 3.8) is 0 Å². The van der Waals surface area contributed by atoms with E-state index in [9.17, 15) is 9.59 Å². The first-order valence-electron chi connectivity index (χ1n) is 6.19. The number of ether oxygens (including phenoxy) is 1. The predicted molar refractivity (Wildman–Crippen MR) is 75.9 cm³/mol. The molecule has 6 heteroatoms. The van der Waals surface area contributed by atoms with Gasteiger partial charge in [0.05, 0.1) is 5.54 Å². The number of carbonyl (C=O) groups is 2. The van der Waals surface area contributed by atoms with Gasteiger partial charge in [0.1, 0.15) is 5.60 Å². The Labute approximate surface area is 121 Å². The smallest absolute Gasteiger partial charge is 0.410 e. The molecule has 102 valence electrons. The van der Waals surface area contributed by atoms with Gasteiger partial charge in [-0.1, -0.05) is 0 Å². The second-order valence-corrected chi connectivity index (χ2v) is 6.95. The van der Waals surface area contributed by atoms with Crippen molar-refractivity contribution in [3.8, 4) is 0 Å². The molecule has 0 aromatic heterocycles. The SMILES string of the molecule is CC(C)(C)OC(=O)N1CCC12CCN(C(=O)I)C2. The Morgan fingerprint density at radius 1 is 1.22 bits per heavy atom. The van der Waals surface area contributed by atoms with Crippen molar-refractivity contribution in [1.82, 2.24) is 9.80 Å². The molecule has 0 N–H and O–H groups in total. The summed E-state index contributed by atoms with van der Waals surface area (Å²) < 4.78 is 5.46. The van der Waals surface area contributed by atoms with E-state index in [1.165, 1.54) is 0 Å². The zero-order chi connectivity index (χ0) is 13.6. The van der Waals surface area contributed by atoms with E-state index < -0.39 is 5.60 Å². The van der Waals surface area contributed by atoms with E-state index in [-0.39, 0.29) is 15.5 Å². The molecule has 5 nitrogen and oxygen atoms in total. The Balaban J connectivity index is 2.00. The summed E-state index contributed by atoms with van der Waals surface area (Å²) in [7, 11) is 0. The molecule has 0 radical (unpaired) electrons. The van der Waals surface area contributed by atoms with Crippen molar-refractivity contribution in [2.45, 2.75) is 44.8 Å². The number of hydrogen-bond acceptors (Lipinski definition) is 3. The molecule has 0 aromatic rings. The average Bonchev–Trinajstić information content (AvgIpc) is 2.58. The second kappa shape index (κ2) is 4.54. The molecule has 2 amide bonds. The predicted octanol–water partition coefficient (Wildman–Crippen LogP) is 2.63. The lowest BCUT2D eigenvalue weighted by molar-refractivity contribution is -0.0391. The molecule has 2 saturated heterocycles. The fourth-order valence-electron chi connectivity index (χ4n) is 2.57. The molecule has 1 unspecified atom stereocenters. The Morgan fingerprint density at radius 2 is 1.83 bits per heavy atom. The Hall–Kier alpha value is -0.530. The fraction of sp³-hybridized carbons (Fsp3) is 0.833. The van der Waals surface area contributed by atoms with Crippen LogP contribution in [0, 0.1) is 0 Å². The van der Waals surface area contributed by atoms with Crippen LogP contribution in [-0.4, -0.2) is 50.6 Å². The molecule has 2 heterocycles. The summed E-state index contributed by atoms with van der Waals surface area (Å²) in [6.07, 6.45) is 1.57. The van der Waals surface area contributed by atoms with Crippen LogP contribution in [0.25, 0.3) is 0 Å². The summed E-state index contributed by atoms with van der Waals surface area (Å²) in [6, 6.07) is 0. The lowest BCUT2D eigenvalue weighted by Crippen LogP contribution is -2.64. The van der Waals surface area contributed by atoms with Gasteiger partial charge in [0.25, 0.3) is 3.91 Å². The number of likely N-dealkylation sites (tertiary alicyclic amines) is 2. The van der Waals surface area contributed by atoms with Gasteiger partial charge in [0.15, 0.2) is 0 Å². The molecule has 1 spiro atoms. The summed E-state index contributed by atoms with van der Waals surface area (Å²) >= 11 is 1.80. The molecule has 0 saturated carbocycles. The third kappa shape index (κ3) is 2.57. The molecule has 0 bridgehead atoms. The maximum atomic E-state index is 12.1. The maximum absolute atomic E-state index is 12.1. The first-order chi connectivity index (χ1) is 8.23. The number of hydrogen-bond donors (Lipinski definition) is 0. The van der Waals surface area contributed by atoms with Crippen LogP contribution in [-0.2, 0) is 4.74 Å². The van der Waals surface area contributed by atoms with Crippen molar-refractivity contribution in [1.29, 1.82) is 0 Å². The van der Waals surface area contributed by atoms with E-state index >= 15 is 0 Å². The van der Waals surface area contributed by atoms with Gasteiger partial charge in [0, 0.05) is 42.2 Å². The van der Waals surface area contributed by atoms with Gasteiger partial charge in [0.2, 0.25) is 0 Å². The first kappa shape index (κ1) is 13.9. The highest BCUT2D eigenvalue weighted by Gasteiger charge is 2.53. The van der Waals surface area contributed by atoms with E-state index in [0.717, 1.165) is 25.9 Å². The molecular weight excluding hydrogens is 347 g/mol.